The molecule has 1 aliphatic heterocycles. The molecule has 0 amide bonds. The molecule has 1 atom stereocenters. The van der Waals surface area contributed by atoms with Crippen LogP contribution in [0, 0.1) is 0 Å². The van der Waals surface area contributed by atoms with Crippen LogP contribution in [0.3, 0.4) is 0 Å². The van der Waals surface area contributed by atoms with E-state index < -0.39 is 0 Å². The van der Waals surface area contributed by atoms with Crippen molar-refractivity contribution < 1.29 is 14.6 Å². The maximum Gasteiger partial charge on any atom is 0.161 e. The van der Waals surface area contributed by atoms with E-state index in [2.05, 4.69) is 0 Å². The minimum absolute atomic E-state index is 0.0806. The average molecular weight is 194 g/mol. The number of para-hydroxylation sites is 2. The van der Waals surface area contributed by atoms with Crippen molar-refractivity contribution in [1.82, 2.24) is 0 Å². The van der Waals surface area contributed by atoms with Gasteiger partial charge in [-0.3, -0.25) is 0 Å². The molecule has 14 heavy (non-hydrogen) atoms. The van der Waals surface area contributed by atoms with Crippen LogP contribution < -0.4 is 9.47 Å². The van der Waals surface area contributed by atoms with Gasteiger partial charge in [0.2, 0.25) is 0 Å². The van der Waals surface area contributed by atoms with Gasteiger partial charge < -0.3 is 14.6 Å². The van der Waals surface area contributed by atoms with Gasteiger partial charge in [-0.05, 0) is 25.0 Å². The molecule has 0 bridgehead atoms. The van der Waals surface area contributed by atoms with Crippen molar-refractivity contribution in [2.45, 2.75) is 18.9 Å². The van der Waals surface area contributed by atoms with Gasteiger partial charge in [-0.15, -0.1) is 0 Å². The summed E-state index contributed by atoms with van der Waals surface area (Å²) in [5, 5.41) is 8.70. The Morgan fingerprint density at radius 1 is 1.29 bits per heavy atom. The Balaban J connectivity index is 1.99. The van der Waals surface area contributed by atoms with Crippen molar-refractivity contribution in [1.29, 1.82) is 0 Å². The van der Waals surface area contributed by atoms with Crippen molar-refractivity contribution in [3.8, 4) is 11.5 Å². The van der Waals surface area contributed by atoms with Crippen LogP contribution in [0.25, 0.3) is 0 Å². The zero-order valence-electron chi connectivity index (χ0n) is 7.98. The van der Waals surface area contributed by atoms with Crippen molar-refractivity contribution in [3.63, 3.8) is 0 Å². The fourth-order valence-corrected chi connectivity index (χ4v) is 1.52. The lowest BCUT2D eigenvalue weighted by atomic mass is 10.2. The molecule has 0 radical (unpaired) electrons. The summed E-state index contributed by atoms with van der Waals surface area (Å²) in [5.41, 5.74) is 0. The van der Waals surface area contributed by atoms with Gasteiger partial charge in [0.25, 0.3) is 0 Å². The molecule has 1 aromatic rings. The summed E-state index contributed by atoms with van der Waals surface area (Å²) < 4.78 is 11.2. The molecule has 1 unspecified atom stereocenters. The summed E-state index contributed by atoms with van der Waals surface area (Å²) in [4.78, 5) is 0. The van der Waals surface area contributed by atoms with Crippen LogP contribution in [0.1, 0.15) is 12.8 Å². The van der Waals surface area contributed by atoms with Crippen LogP contribution in [0.5, 0.6) is 11.5 Å². The number of aliphatic hydroxyl groups excluding tert-OH is 1. The number of rotatable bonds is 3. The predicted molar refractivity (Wildman–Crippen MR) is 52.7 cm³/mol. The first-order chi connectivity index (χ1) is 6.90. The standard InChI is InChI=1S/C11H14O3/c12-7-3-4-9-8-13-10-5-1-2-6-11(10)14-9/h1-2,5-6,9,12H,3-4,7-8H2. The highest BCUT2D eigenvalue weighted by Crippen LogP contribution is 2.31. The Hall–Kier alpha value is -1.22. The van der Waals surface area contributed by atoms with E-state index in [0.29, 0.717) is 6.61 Å². The molecule has 0 aliphatic carbocycles. The number of fused-ring (bicyclic) bond motifs is 1. The Morgan fingerprint density at radius 2 is 2.07 bits per heavy atom. The SMILES string of the molecule is OCCCC1COc2ccccc2O1. The van der Waals surface area contributed by atoms with E-state index >= 15 is 0 Å². The summed E-state index contributed by atoms with van der Waals surface area (Å²) in [6, 6.07) is 7.66. The van der Waals surface area contributed by atoms with E-state index in [4.69, 9.17) is 14.6 Å². The summed E-state index contributed by atoms with van der Waals surface area (Å²) in [6.07, 6.45) is 1.68. The van der Waals surface area contributed by atoms with Gasteiger partial charge in [0.05, 0.1) is 0 Å². The van der Waals surface area contributed by atoms with E-state index in [-0.39, 0.29) is 12.7 Å². The molecule has 0 fully saturated rings. The predicted octanol–water partition coefficient (Wildman–Crippen LogP) is 1.60. The van der Waals surface area contributed by atoms with E-state index in [1.165, 1.54) is 0 Å². The van der Waals surface area contributed by atoms with Gasteiger partial charge in [0.1, 0.15) is 12.7 Å². The van der Waals surface area contributed by atoms with Crippen LogP contribution in [0.15, 0.2) is 24.3 Å². The van der Waals surface area contributed by atoms with Gasteiger partial charge in [0, 0.05) is 6.61 Å². The molecule has 3 nitrogen and oxygen atoms in total. The minimum Gasteiger partial charge on any atom is -0.486 e. The smallest absolute Gasteiger partial charge is 0.161 e. The second-order valence-electron chi connectivity index (χ2n) is 3.36. The topological polar surface area (TPSA) is 38.7 Å². The van der Waals surface area contributed by atoms with Gasteiger partial charge in [-0.2, -0.15) is 0 Å². The molecule has 76 valence electrons. The molecule has 3 heteroatoms. The molecular weight excluding hydrogens is 180 g/mol. The van der Waals surface area contributed by atoms with Gasteiger partial charge in [-0.1, -0.05) is 12.1 Å². The van der Waals surface area contributed by atoms with Gasteiger partial charge >= 0.3 is 0 Å². The van der Waals surface area contributed by atoms with Crippen molar-refractivity contribution in [2.24, 2.45) is 0 Å². The lowest BCUT2D eigenvalue weighted by Gasteiger charge is -2.26. The number of ether oxygens (including phenoxy) is 2. The van der Waals surface area contributed by atoms with Crippen LogP contribution in [-0.2, 0) is 0 Å². The van der Waals surface area contributed by atoms with E-state index in [1.54, 1.807) is 0 Å². The summed E-state index contributed by atoms with van der Waals surface area (Å²) in [7, 11) is 0. The zero-order chi connectivity index (χ0) is 9.80. The number of benzene rings is 1. The van der Waals surface area contributed by atoms with Crippen LogP contribution >= 0.6 is 0 Å². The monoisotopic (exact) mass is 194 g/mol. The molecule has 0 spiro atoms. The lowest BCUT2D eigenvalue weighted by molar-refractivity contribution is 0.0790. The largest absolute Gasteiger partial charge is 0.486 e. The van der Waals surface area contributed by atoms with Gasteiger partial charge in [-0.25, -0.2) is 0 Å². The highest BCUT2D eigenvalue weighted by atomic mass is 16.6. The van der Waals surface area contributed by atoms with Gasteiger partial charge in [0.15, 0.2) is 11.5 Å². The minimum atomic E-state index is 0.0806. The summed E-state index contributed by atoms with van der Waals surface area (Å²) in [5.74, 6) is 1.62. The lowest BCUT2D eigenvalue weighted by Crippen LogP contribution is -2.29. The molecule has 0 aromatic heterocycles. The fourth-order valence-electron chi connectivity index (χ4n) is 1.52. The van der Waals surface area contributed by atoms with Crippen LogP contribution in [0.4, 0.5) is 0 Å². The van der Waals surface area contributed by atoms with E-state index in [0.717, 1.165) is 24.3 Å². The third-order valence-electron chi connectivity index (χ3n) is 2.25. The van der Waals surface area contributed by atoms with Crippen molar-refractivity contribution >= 4 is 0 Å². The summed E-state index contributed by atoms with van der Waals surface area (Å²) in [6.45, 7) is 0.790. The Morgan fingerprint density at radius 3 is 2.86 bits per heavy atom. The van der Waals surface area contributed by atoms with Crippen LogP contribution in [-0.4, -0.2) is 24.4 Å². The molecule has 0 saturated carbocycles. The van der Waals surface area contributed by atoms with Crippen molar-refractivity contribution in [3.05, 3.63) is 24.3 Å². The highest BCUT2D eigenvalue weighted by Gasteiger charge is 2.19. The zero-order valence-corrected chi connectivity index (χ0v) is 7.98. The van der Waals surface area contributed by atoms with Crippen LogP contribution in [0.2, 0.25) is 0 Å². The third kappa shape index (κ3) is 1.99. The Bertz CT molecular complexity index is 298. The maximum absolute atomic E-state index is 8.70. The fraction of sp³-hybridized carbons (Fsp3) is 0.455. The molecule has 1 N–H and O–H groups in total. The highest BCUT2D eigenvalue weighted by molar-refractivity contribution is 5.40. The first-order valence-corrected chi connectivity index (χ1v) is 4.89. The third-order valence-corrected chi connectivity index (χ3v) is 2.25. The second-order valence-corrected chi connectivity index (χ2v) is 3.36. The maximum atomic E-state index is 8.70. The molecule has 1 aromatic carbocycles. The first-order valence-electron chi connectivity index (χ1n) is 4.89. The molecular formula is C11H14O3. The van der Waals surface area contributed by atoms with E-state index in [9.17, 15) is 0 Å². The molecule has 1 heterocycles. The number of hydrogen-bond donors (Lipinski definition) is 1. The Labute approximate surface area is 83.3 Å². The Kier molecular flexibility index (Phi) is 2.89. The first kappa shape index (κ1) is 9.34. The molecule has 2 rings (SSSR count). The molecule has 0 saturated heterocycles. The quantitative estimate of drug-likeness (QED) is 0.794. The number of aliphatic hydroxyl groups is 1. The number of hydrogen-bond acceptors (Lipinski definition) is 3. The second kappa shape index (κ2) is 4.33. The average Bonchev–Trinajstić information content (AvgIpc) is 2.26. The molecule has 1 aliphatic rings. The van der Waals surface area contributed by atoms with E-state index in [1.807, 2.05) is 24.3 Å². The summed E-state index contributed by atoms with van der Waals surface area (Å²) >= 11 is 0. The van der Waals surface area contributed by atoms with Crippen molar-refractivity contribution in [2.75, 3.05) is 13.2 Å². The normalized spacial score (nSPS) is 19.4.